The second kappa shape index (κ2) is 4.84. The van der Waals surface area contributed by atoms with Gasteiger partial charge in [0.25, 0.3) is 5.91 Å². The van der Waals surface area contributed by atoms with Crippen molar-refractivity contribution in [1.29, 1.82) is 0 Å². The molecule has 1 amide bonds. The molecule has 6 heteroatoms. The summed E-state index contributed by atoms with van der Waals surface area (Å²) in [5, 5.41) is 9.61. The van der Waals surface area contributed by atoms with Crippen LogP contribution in [0.2, 0.25) is 0 Å². The molecule has 0 bridgehead atoms. The zero-order chi connectivity index (χ0) is 13.2. The monoisotopic (exact) mass is 237 g/mol. The van der Waals surface area contributed by atoms with E-state index >= 15 is 0 Å². The molecule has 0 unspecified atom stereocenters. The van der Waals surface area contributed by atoms with Crippen molar-refractivity contribution in [2.75, 3.05) is 26.4 Å². The number of primary amides is 1. The van der Waals surface area contributed by atoms with Crippen molar-refractivity contribution in [3.05, 3.63) is 23.3 Å². The second-order valence-corrected chi connectivity index (χ2v) is 3.98. The lowest BCUT2D eigenvalue weighted by Gasteiger charge is -2.11. The minimum absolute atomic E-state index is 0.0323. The fraction of sp³-hybridized carbons (Fsp3) is 0.273. The molecule has 1 aromatic rings. The first-order chi connectivity index (χ1) is 7.82. The molecular weight excluding hydrogens is 222 g/mol. The van der Waals surface area contributed by atoms with Crippen LogP contribution < -0.4 is 11.5 Å². The van der Waals surface area contributed by atoms with Gasteiger partial charge in [0.1, 0.15) is 5.75 Å². The van der Waals surface area contributed by atoms with Gasteiger partial charge < -0.3 is 21.5 Å². The van der Waals surface area contributed by atoms with Crippen LogP contribution in [0, 0.1) is 0 Å². The summed E-state index contributed by atoms with van der Waals surface area (Å²) in [6.45, 7) is 0.121. The number of nitrogens with two attached hydrogens (primary N) is 2. The van der Waals surface area contributed by atoms with E-state index in [1.807, 2.05) is 0 Å². The molecule has 5 N–H and O–H groups in total. The first-order valence-electron chi connectivity index (χ1n) is 4.93. The average Bonchev–Trinajstić information content (AvgIpc) is 2.15. The zero-order valence-electron chi connectivity index (χ0n) is 9.73. The summed E-state index contributed by atoms with van der Waals surface area (Å²) in [4.78, 5) is 24.5. The maximum absolute atomic E-state index is 11.8. The Morgan fingerprint density at radius 1 is 1.29 bits per heavy atom. The number of phenols is 1. The highest BCUT2D eigenvalue weighted by Gasteiger charge is 2.17. The van der Waals surface area contributed by atoms with Crippen LogP contribution in [0.5, 0.6) is 5.75 Å². The lowest BCUT2D eigenvalue weighted by molar-refractivity contribution is 0.0955. The van der Waals surface area contributed by atoms with Crippen molar-refractivity contribution in [1.82, 2.24) is 4.90 Å². The van der Waals surface area contributed by atoms with Gasteiger partial charge in [-0.1, -0.05) is 0 Å². The van der Waals surface area contributed by atoms with Gasteiger partial charge >= 0.3 is 0 Å². The third-order valence-electron chi connectivity index (χ3n) is 2.19. The Labute approximate surface area is 98.8 Å². The largest absolute Gasteiger partial charge is 0.507 e. The highest BCUT2D eigenvalue weighted by atomic mass is 16.3. The van der Waals surface area contributed by atoms with Crippen molar-refractivity contribution < 1.29 is 14.7 Å². The number of hydrogen-bond donors (Lipinski definition) is 3. The van der Waals surface area contributed by atoms with Crippen LogP contribution in [-0.4, -0.2) is 42.3 Å². The highest BCUT2D eigenvalue weighted by Crippen LogP contribution is 2.24. The maximum atomic E-state index is 11.8. The summed E-state index contributed by atoms with van der Waals surface area (Å²) >= 11 is 0. The molecule has 0 aliphatic carbocycles. The van der Waals surface area contributed by atoms with E-state index in [-0.39, 0.29) is 34.9 Å². The first kappa shape index (κ1) is 13.0. The Morgan fingerprint density at radius 2 is 1.88 bits per heavy atom. The van der Waals surface area contributed by atoms with Gasteiger partial charge in [-0.05, 0) is 20.2 Å². The van der Waals surface area contributed by atoms with E-state index in [4.69, 9.17) is 11.5 Å². The van der Waals surface area contributed by atoms with E-state index in [1.54, 1.807) is 19.0 Å². The molecule has 0 spiro atoms. The van der Waals surface area contributed by atoms with Gasteiger partial charge in [0.05, 0.1) is 17.7 Å². The van der Waals surface area contributed by atoms with Gasteiger partial charge in [-0.2, -0.15) is 0 Å². The van der Waals surface area contributed by atoms with Crippen LogP contribution in [0.3, 0.4) is 0 Å². The quantitative estimate of drug-likeness (QED) is 0.497. The van der Waals surface area contributed by atoms with E-state index < -0.39 is 5.91 Å². The minimum Gasteiger partial charge on any atom is -0.507 e. The number of hydrogen-bond acceptors (Lipinski definition) is 5. The molecule has 17 heavy (non-hydrogen) atoms. The molecule has 0 aliphatic rings. The SMILES string of the molecule is CN(C)CC(=O)c1cc(C(N)=O)c(N)cc1O. The lowest BCUT2D eigenvalue weighted by Crippen LogP contribution is -2.22. The molecule has 0 atom stereocenters. The summed E-state index contributed by atoms with van der Waals surface area (Å²) in [6, 6.07) is 2.38. The van der Waals surface area contributed by atoms with Crippen molar-refractivity contribution in [3.8, 4) is 5.75 Å². The smallest absolute Gasteiger partial charge is 0.250 e. The molecule has 0 fully saturated rings. The van der Waals surface area contributed by atoms with Gasteiger partial charge in [-0.15, -0.1) is 0 Å². The number of carbonyl (C=O) groups excluding carboxylic acids is 2. The fourth-order valence-corrected chi connectivity index (χ4v) is 1.41. The zero-order valence-corrected chi connectivity index (χ0v) is 9.73. The number of nitrogen functional groups attached to an aromatic ring is 1. The molecule has 1 aromatic carbocycles. The second-order valence-electron chi connectivity index (χ2n) is 3.98. The Balaban J connectivity index is 3.20. The van der Waals surface area contributed by atoms with E-state index in [0.717, 1.165) is 6.07 Å². The Morgan fingerprint density at radius 3 is 2.35 bits per heavy atom. The summed E-state index contributed by atoms with van der Waals surface area (Å²) in [6.07, 6.45) is 0. The van der Waals surface area contributed by atoms with Gasteiger partial charge in [0.2, 0.25) is 0 Å². The molecule has 0 heterocycles. The predicted molar refractivity (Wildman–Crippen MR) is 63.9 cm³/mol. The highest BCUT2D eigenvalue weighted by molar-refractivity contribution is 6.05. The molecule has 92 valence electrons. The average molecular weight is 237 g/mol. The van der Waals surface area contributed by atoms with Crippen molar-refractivity contribution in [2.45, 2.75) is 0 Å². The molecule has 0 aromatic heterocycles. The van der Waals surface area contributed by atoms with Crippen LogP contribution >= 0.6 is 0 Å². The summed E-state index contributed by atoms with van der Waals surface area (Å²) < 4.78 is 0. The number of anilines is 1. The molecule has 0 saturated heterocycles. The number of likely N-dealkylation sites (N-methyl/N-ethyl adjacent to an activating group) is 1. The van der Waals surface area contributed by atoms with Crippen molar-refractivity contribution in [2.24, 2.45) is 5.73 Å². The summed E-state index contributed by atoms with van der Waals surface area (Å²) in [7, 11) is 3.45. The number of rotatable bonds is 4. The Kier molecular flexibility index (Phi) is 3.69. The Hall–Kier alpha value is -2.08. The maximum Gasteiger partial charge on any atom is 0.250 e. The number of nitrogens with zero attached hydrogens (tertiary/aromatic N) is 1. The van der Waals surface area contributed by atoms with Gasteiger partial charge in [-0.3, -0.25) is 9.59 Å². The number of phenolic OH excluding ortho intramolecular Hbond substituents is 1. The normalized spacial score (nSPS) is 10.5. The van der Waals surface area contributed by atoms with Crippen LogP contribution in [0.4, 0.5) is 5.69 Å². The lowest BCUT2D eigenvalue weighted by atomic mass is 10.0. The number of ketones is 1. The summed E-state index contributed by atoms with van der Waals surface area (Å²) in [5.41, 5.74) is 10.8. The van der Waals surface area contributed by atoms with E-state index in [2.05, 4.69) is 0 Å². The number of benzene rings is 1. The standard InChI is InChI=1S/C11H15N3O3/c1-14(2)5-10(16)7-3-6(11(13)17)8(12)4-9(7)15/h3-4,15H,5,12H2,1-2H3,(H2,13,17). The Bertz CT molecular complexity index is 469. The molecule has 0 radical (unpaired) electrons. The van der Waals surface area contributed by atoms with E-state index in [1.165, 1.54) is 6.07 Å². The van der Waals surface area contributed by atoms with Gasteiger partial charge in [0, 0.05) is 11.8 Å². The predicted octanol–water partition coefficient (Wildman–Crippen LogP) is -0.182. The van der Waals surface area contributed by atoms with E-state index in [9.17, 15) is 14.7 Å². The third-order valence-corrected chi connectivity index (χ3v) is 2.19. The van der Waals surface area contributed by atoms with Crippen LogP contribution in [-0.2, 0) is 0 Å². The molecule has 0 aliphatic heterocycles. The van der Waals surface area contributed by atoms with Crippen LogP contribution in [0.25, 0.3) is 0 Å². The minimum atomic E-state index is -0.735. The number of amides is 1. The van der Waals surface area contributed by atoms with Crippen molar-refractivity contribution >= 4 is 17.4 Å². The number of carbonyl (C=O) groups is 2. The molecule has 0 saturated carbocycles. The van der Waals surface area contributed by atoms with Crippen LogP contribution in [0.15, 0.2) is 12.1 Å². The third kappa shape index (κ3) is 2.94. The molecule has 1 rings (SSSR count). The van der Waals surface area contributed by atoms with Crippen molar-refractivity contribution in [3.63, 3.8) is 0 Å². The summed E-state index contributed by atoms with van der Waals surface area (Å²) in [5.74, 6) is -1.30. The molecule has 6 nitrogen and oxygen atoms in total. The van der Waals surface area contributed by atoms with E-state index in [0.29, 0.717) is 0 Å². The number of aromatic hydroxyl groups is 1. The van der Waals surface area contributed by atoms with Crippen LogP contribution in [0.1, 0.15) is 20.7 Å². The topological polar surface area (TPSA) is 110 Å². The van der Waals surface area contributed by atoms with Gasteiger partial charge in [0.15, 0.2) is 5.78 Å². The number of Topliss-reactive ketones (excluding diaryl/α,β-unsaturated/α-hetero) is 1. The fourth-order valence-electron chi connectivity index (χ4n) is 1.41. The first-order valence-corrected chi connectivity index (χ1v) is 4.93. The van der Waals surface area contributed by atoms with Gasteiger partial charge in [-0.25, -0.2) is 0 Å². The molecular formula is C11H15N3O3.